The summed E-state index contributed by atoms with van der Waals surface area (Å²) in [4.78, 5) is 14.5. The summed E-state index contributed by atoms with van der Waals surface area (Å²) in [6.07, 6.45) is 1.66. The maximum absolute atomic E-state index is 12.7. The van der Waals surface area contributed by atoms with Gasteiger partial charge < -0.3 is 9.84 Å². The van der Waals surface area contributed by atoms with Gasteiger partial charge in [0.05, 0.1) is 22.7 Å². The molecule has 3 rings (SSSR count). The number of thiocarbonyl (C=S) groups is 1. The van der Waals surface area contributed by atoms with E-state index in [0.29, 0.717) is 36.3 Å². The second kappa shape index (κ2) is 7.25. The molecule has 0 unspecified atom stereocenters. The summed E-state index contributed by atoms with van der Waals surface area (Å²) in [7, 11) is 1.47. The Bertz CT molecular complexity index is 915. The van der Waals surface area contributed by atoms with Crippen molar-refractivity contribution in [1.29, 1.82) is 0 Å². The Morgan fingerprint density at radius 2 is 2.00 bits per heavy atom. The predicted molar refractivity (Wildman–Crippen MR) is 107 cm³/mol. The molecule has 0 spiro atoms. The largest absolute Gasteiger partial charge is 0.504 e. The number of amides is 1. The van der Waals surface area contributed by atoms with Crippen LogP contribution >= 0.6 is 47.2 Å². The third-order valence-corrected chi connectivity index (χ3v) is 5.29. The summed E-state index contributed by atoms with van der Waals surface area (Å²) >= 11 is 18.6. The van der Waals surface area contributed by atoms with E-state index in [0.717, 1.165) is 11.8 Å². The first kappa shape index (κ1) is 18.1. The van der Waals surface area contributed by atoms with Crippen LogP contribution in [-0.2, 0) is 4.79 Å². The number of benzene rings is 2. The average Bonchev–Trinajstić information content (AvgIpc) is 2.82. The van der Waals surface area contributed by atoms with Crippen molar-refractivity contribution in [2.75, 3.05) is 12.0 Å². The van der Waals surface area contributed by atoms with E-state index < -0.39 is 0 Å². The Labute approximate surface area is 164 Å². The Morgan fingerprint density at radius 1 is 1.24 bits per heavy atom. The van der Waals surface area contributed by atoms with Gasteiger partial charge in [-0.2, -0.15) is 0 Å². The molecular formula is C17H11Cl2NO3S2. The number of methoxy groups -OCH3 is 1. The minimum Gasteiger partial charge on any atom is -0.504 e. The number of phenols is 1. The van der Waals surface area contributed by atoms with Crippen molar-refractivity contribution in [2.24, 2.45) is 0 Å². The van der Waals surface area contributed by atoms with Crippen molar-refractivity contribution >= 4 is 69.2 Å². The summed E-state index contributed by atoms with van der Waals surface area (Å²) in [6, 6.07) is 9.73. The van der Waals surface area contributed by atoms with Crippen LogP contribution in [0.1, 0.15) is 5.56 Å². The Balaban J connectivity index is 1.94. The lowest BCUT2D eigenvalue weighted by Crippen LogP contribution is -2.27. The number of nitrogens with zero attached hydrogens (tertiary/aromatic N) is 1. The van der Waals surface area contributed by atoms with Gasteiger partial charge in [0, 0.05) is 5.02 Å². The van der Waals surface area contributed by atoms with Gasteiger partial charge in [0.2, 0.25) is 0 Å². The predicted octanol–water partition coefficient (Wildman–Crippen LogP) is 5.11. The van der Waals surface area contributed by atoms with Gasteiger partial charge in [-0.25, -0.2) is 0 Å². The maximum Gasteiger partial charge on any atom is 0.270 e. The van der Waals surface area contributed by atoms with Crippen molar-refractivity contribution < 1.29 is 14.6 Å². The minimum atomic E-state index is -0.283. The number of aromatic hydroxyl groups is 1. The van der Waals surface area contributed by atoms with Gasteiger partial charge in [-0.3, -0.25) is 9.69 Å². The zero-order valence-electron chi connectivity index (χ0n) is 12.8. The molecule has 8 heteroatoms. The molecule has 1 heterocycles. The number of phenolic OH excluding ortho intramolecular Hbond substituents is 1. The standard InChI is InChI=1S/C17H11Cl2NO3S2/c1-23-14-5-2-9(6-13(14)21)7-15-16(22)20(17(24)25-15)12-4-3-10(18)8-11(12)19/h2-8,21H,1H3/b15-7-. The molecule has 2 aromatic rings. The van der Waals surface area contributed by atoms with E-state index in [4.69, 9.17) is 40.2 Å². The Hall–Kier alpha value is -1.73. The molecule has 0 aliphatic carbocycles. The molecule has 1 fully saturated rings. The molecule has 1 aliphatic heterocycles. The minimum absolute atomic E-state index is 0.00697. The summed E-state index contributed by atoms with van der Waals surface area (Å²) in [5, 5.41) is 10.7. The monoisotopic (exact) mass is 411 g/mol. The number of thioether (sulfide) groups is 1. The molecule has 0 aromatic heterocycles. The SMILES string of the molecule is COc1ccc(/C=C2\SC(=S)N(c3ccc(Cl)cc3Cl)C2=O)cc1O. The quantitative estimate of drug-likeness (QED) is 0.561. The van der Waals surface area contributed by atoms with Crippen molar-refractivity contribution in [3.05, 3.63) is 56.9 Å². The van der Waals surface area contributed by atoms with Crippen LogP contribution in [0.25, 0.3) is 6.08 Å². The van der Waals surface area contributed by atoms with E-state index in [9.17, 15) is 9.90 Å². The third kappa shape index (κ3) is 3.62. The van der Waals surface area contributed by atoms with Crippen LogP contribution in [0.4, 0.5) is 5.69 Å². The smallest absolute Gasteiger partial charge is 0.270 e. The van der Waals surface area contributed by atoms with E-state index in [-0.39, 0.29) is 11.7 Å². The van der Waals surface area contributed by atoms with Crippen molar-refractivity contribution in [2.45, 2.75) is 0 Å². The molecule has 0 bridgehead atoms. The normalized spacial score (nSPS) is 16.0. The number of carbonyl (C=O) groups excluding carboxylic acids is 1. The van der Waals surface area contributed by atoms with E-state index in [1.54, 1.807) is 36.4 Å². The average molecular weight is 412 g/mol. The topological polar surface area (TPSA) is 49.8 Å². The molecule has 1 N–H and O–H groups in total. The van der Waals surface area contributed by atoms with Gasteiger partial charge in [-0.1, -0.05) is 53.2 Å². The fourth-order valence-corrected chi connectivity index (χ4v) is 4.06. The highest BCUT2D eigenvalue weighted by molar-refractivity contribution is 8.27. The molecule has 25 heavy (non-hydrogen) atoms. The zero-order chi connectivity index (χ0) is 18.1. The van der Waals surface area contributed by atoms with Crippen molar-refractivity contribution in [1.82, 2.24) is 0 Å². The highest BCUT2D eigenvalue weighted by Gasteiger charge is 2.34. The van der Waals surface area contributed by atoms with Crippen LogP contribution in [0.15, 0.2) is 41.3 Å². The molecule has 1 amide bonds. The second-order valence-corrected chi connectivity index (χ2v) is 7.56. The number of rotatable bonds is 3. The van der Waals surface area contributed by atoms with Crippen LogP contribution in [0.2, 0.25) is 10.0 Å². The molecule has 0 atom stereocenters. The first-order valence-corrected chi connectivity index (χ1v) is 8.99. The number of carbonyl (C=O) groups is 1. The van der Waals surface area contributed by atoms with Crippen molar-refractivity contribution in [3.8, 4) is 11.5 Å². The molecule has 1 aliphatic rings. The van der Waals surface area contributed by atoms with Crippen LogP contribution in [-0.4, -0.2) is 22.4 Å². The Kier molecular flexibility index (Phi) is 5.24. The van der Waals surface area contributed by atoms with Crippen LogP contribution in [0, 0.1) is 0 Å². The first-order valence-electron chi connectivity index (χ1n) is 7.00. The number of hydrogen-bond donors (Lipinski definition) is 1. The van der Waals surface area contributed by atoms with E-state index in [1.165, 1.54) is 18.1 Å². The van der Waals surface area contributed by atoms with E-state index in [2.05, 4.69) is 0 Å². The lowest BCUT2D eigenvalue weighted by molar-refractivity contribution is -0.113. The van der Waals surface area contributed by atoms with Gasteiger partial charge in [0.25, 0.3) is 5.91 Å². The van der Waals surface area contributed by atoms with Gasteiger partial charge in [0.15, 0.2) is 15.8 Å². The first-order chi connectivity index (χ1) is 11.9. The Morgan fingerprint density at radius 3 is 2.64 bits per heavy atom. The van der Waals surface area contributed by atoms with Crippen LogP contribution < -0.4 is 9.64 Å². The fourth-order valence-electron chi connectivity index (χ4n) is 2.29. The molecule has 0 radical (unpaired) electrons. The summed E-state index contributed by atoms with van der Waals surface area (Å²) in [5.74, 6) is 0.0691. The fraction of sp³-hybridized carbons (Fsp3) is 0.0588. The lowest BCUT2D eigenvalue weighted by Gasteiger charge is -2.16. The van der Waals surface area contributed by atoms with Gasteiger partial charge in [0.1, 0.15) is 0 Å². The lowest BCUT2D eigenvalue weighted by atomic mass is 10.2. The van der Waals surface area contributed by atoms with Crippen LogP contribution in [0.5, 0.6) is 11.5 Å². The highest BCUT2D eigenvalue weighted by atomic mass is 35.5. The molecule has 0 saturated carbocycles. The number of ether oxygens (including phenoxy) is 1. The van der Waals surface area contributed by atoms with E-state index >= 15 is 0 Å². The summed E-state index contributed by atoms with van der Waals surface area (Å²) < 4.78 is 5.38. The number of hydrogen-bond acceptors (Lipinski definition) is 5. The van der Waals surface area contributed by atoms with Crippen LogP contribution in [0.3, 0.4) is 0 Å². The second-order valence-electron chi connectivity index (χ2n) is 5.04. The molecule has 2 aromatic carbocycles. The molecule has 128 valence electrons. The van der Waals surface area contributed by atoms with E-state index in [1.807, 2.05) is 0 Å². The van der Waals surface area contributed by atoms with Gasteiger partial charge in [-0.05, 0) is 42.0 Å². The summed E-state index contributed by atoms with van der Waals surface area (Å²) in [5.41, 5.74) is 1.13. The zero-order valence-corrected chi connectivity index (χ0v) is 16.0. The van der Waals surface area contributed by atoms with Gasteiger partial charge >= 0.3 is 0 Å². The summed E-state index contributed by atoms with van der Waals surface area (Å²) in [6.45, 7) is 0. The number of anilines is 1. The molecular weight excluding hydrogens is 401 g/mol. The third-order valence-electron chi connectivity index (χ3n) is 3.45. The maximum atomic E-state index is 12.7. The molecule has 4 nitrogen and oxygen atoms in total. The number of halogens is 2. The molecule has 1 saturated heterocycles. The van der Waals surface area contributed by atoms with Gasteiger partial charge in [-0.15, -0.1) is 0 Å². The highest BCUT2D eigenvalue weighted by Crippen LogP contribution is 2.40. The van der Waals surface area contributed by atoms with Crippen molar-refractivity contribution in [3.63, 3.8) is 0 Å².